The minimum absolute atomic E-state index is 0.0273. The molecular formula is C16H14Br2N4O4. The van der Waals surface area contributed by atoms with Crippen molar-refractivity contribution in [2.24, 2.45) is 0 Å². The van der Waals surface area contributed by atoms with Gasteiger partial charge in [0.1, 0.15) is 24.4 Å². The minimum atomic E-state index is -0.546. The number of allylic oxidation sites excluding steroid dienone is 2. The number of tetrazole rings is 1. The quantitative estimate of drug-likeness (QED) is 0.580. The van der Waals surface area contributed by atoms with Crippen LogP contribution in [0, 0.1) is 0 Å². The van der Waals surface area contributed by atoms with E-state index in [9.17, 15) is 9.59 Å². The second kappa shape index (κ2) is 8.54. The van der Waals surface area contributed by atoms with Crippen LogP contribution in [0.1, 0.15) is 29.6 Å². The summed E-state index contributed by atoms with van der Waals surface area (Å²) in [6.07, 6.45) is 4.62. The molecular weight excluding hydrogens is 472 g/mol. The van der Waals surface area contributed by atoms with Crippen molar-refractivity contribution < 1.29 is 19.1 Å². The van der Waals surface area contributed by atoms with Gasteiger partial charge in [0.05, 0.1) is 21.1 Å². The average Bonchev–Trinajstić information content (AvgIpc) is 3.11. The van der Waals surface area contributed by atoms with Crippen molar-refractivity contribution in [2.75, 3.05) is 6.61 Å². The summed E-state index contributed by atoms with van der Waals surface area (Å²) < 4.78 is 13.8. The SMILES string of the molecule is O=C1C=C(OC(=O)c2ccc(Br)c(OCCn3cnnn3)c2Br)CCC1. The lowest BCUT2D eigenvalue weighted by Crippen LogP contribution is -2.12. The van der Waals surface area contributed by atoms with Crippen molar-refractivity contribution >= 4 is 43.6 Å². The Morgan fingerprint density at radius 2 is 2.12 bits per heavy atom. The molecule has 0 saturated carbocycles. The molecule has 1 aliphatic carbocycles. The van der Waals surface area contributed by atoms with Crippen LogP contribution in [0.15, 0.2) is 39.2 Å². The topological polar surface area (TPSA) is 96.2 Å². The number of ether oxygens (including phenoxy) is 2. The highest BCUT2D eigenvalue weighted by atomic mass is 79.9. The normalized spacial score (nSPS) is 14.1. The van der Waals surface area contributed by atoms with E-state index in [4.69, 9.17) is 9.47 Å². The average molecular weight is 486 g/mol. The molecule has 1 heterocycles. The summed E-state index contributed by atoms with van der Waals surface area (Å²) in [5.41, 5.74) is 0.310. The number of rotatable bonds is 6. The summed E-state index contributed by atoms with van der Waals surface area (Å²) in [5.74, 6) is 0.291. The maximum absolute atomic E-state index is 12.5. The Labute approximate surface area is 165 Å². The maximum Gasteiger partial charge on any atom is 0.344 e. The number of hydrogen-bond acceptors (Lipinski definition) is 7. The molecule has 0 amide bonds. The van der Waals surface area contributed by atoms with Crippen LogP contribution in [0.5, 0.6) is 5.75 Å². The first-order valence-electron chi connectivity index (χ1n) is 7.82. The maximum atomic E-state index is 12.5. The third-order valence-electron chi connectivity index (χ3n) is 3.62. The summed E-state index contributed by atoms with van der Waals surface area (Å²) in [4.78, 5) is 23.9. The van der Waals surface area contributed by atoms with Gasteiger partial charge in [0.25, 0.3) is 0 Å². The molecule has 10 heteroatoms. The largest absolute Gasteiger partial charge is 0.489 e. The van der Waals surface area contributed by atoms with Crippen LogP contribution >= 0.6 is 31.9 Å². The van der Waals surface area contributed by atoms with Gasteiger partial charge in [0.2, 0.25) is 0 Å². The molecule has 136 valence electrons. The lowest BCUT2D eigenvalue weighted by molar-refractivity contribution is -0.115. The molecule has 1 aromatic heterocycles. The number of halogens is 2. The van der Waals surface area contributed by atoms with Gasteiger partial charge in [0, 0.05) is 18.9 Å². The standard InChI is InChI=1S/C16H14Br2N4O4/c17-13-5-4-12(16(24)26-11-3-1-2-10(23)8-11)14(18)15(13)25-7-6-22-9-19-20-21-22/h4-5,8-9H,1-3,6-7H2. The van der Waals surface area contributed by atoms with Crippen molar-refractivity contribution in [3.05, 3.63) is 44.8 Å². The second-order valence-electron chi connectivity index (χ2n) is 5.48. The predicted octanol–water partition coefficient (Wildman–Crippen LogP) is 3.07. The number of carbonyl (C=O) groups excluding carboxylic acids is 2. The van der Waals surface area contributed by atoms with Crippen LogP contribution in [-0.2, 0) is 16.1 Å². The second-order valence-corrected chi connectivity index (χ2v) is 7.13. The van der Waals surface area contributed by atoms with Crippen molar-refractivity contribution in [3.63, 3.8) is 0 Å². The Bertz CT molecular complexity index is 852. The molecule has 2 aromatic rings. The molecule has 0 fully saturated rings. The fourth-order valence-electron chi connectivity index (χ4n) is 2.36. The molecule has 1 aliphatic rings. The number of ketones is 1. The van der Waals surface area contributed by atoms with Crippen molar-refractivity contribution in [1.29, 1.82) is 0 Å². The number of esters is 1. The number of aromatic nitrogens is 4. The van der Waals surface area contributed by atoms with Gasteiger partial charge in [0.15, 0.2) is 5.78 Å². The van der Waals surface area contributed by atoms with E-state index in [0.717, 1.165) is 0 Å². The van der Waals surface area contributed by atoms with E-state index in [0.29, 0.717) is 58.4 Å². The van der Waals surface area contributed by atoms with E-state index in [1.54, 1.807) is 12.1 Å². The van der Waals surface area contributed by atoms with Gasteiger partial charge in [-0.3, -0.25) is 4.79 Å². The monoisotopic (exact) mass is 484 g/mol. The summed E-state index contributed by atoms with van der Waals surface area (Å²) in [7, 11) is 0. The molecule has 0 unspecified atom stereocenters. The Morgan fingerprint density at radius 1 is 1.27 bits per heavy atom. The van der Waals surface area contributed by atoms with E-state index in [-0.39, 0.29) is 5.78 Å². The molecule has 1 aromatic carbocycles. The number of carbonyl (C=O) groups is 2. The van der Waals surface area contributed by atoms with Crippen LogP contribution in [0.3, 0.4) is 0 Å². The number of benzene rings is 1. The molecule has 0 aliphatic heterocycles. The van der Waals surface area contributed by atoms with E-state index in [1.807, 2.05) is 0 Å². The fourth-order valence-corrected chi connectivity index (χ4v) is 3.69. The lowest BCUT2D eigenvalue weighted by Gasteiger charge is -2.15. The van der Waals surface area contributed by atoms with Gasteiger partial charge in [-0.05, 0) is 60.8 Å². The molecule has 0 atom stereocenters. The van der Waals surface area contributed by atoms with Gasteiger partial charge in [-0.25, -0.2) is 9.48 Å². The Hall–Kier alpha value is -2.07. The first-order chi connectivity index (χ1) is 12.5. The summed E-state index contributed by atoms with van der Waals surface area (Å²) >= 11 is 6.80. The van der Waals surface area contributed by atoms with Crippen molar-refractivity contribution in [2.45, 2.75) is 25.8 Å². The lowest BCUT2D eigenvalue weighted by atomic mass is 10.1. The van der Waals surface area contributed by atoms with Crippen molar-refractivity contribution in [3.8, 4) is 5.75 Å². The van der Waals surface area contributed by atoms with E-state index >= 15 is 0 Å². The molecule has 0 spiro atoms. The van der Waals surface area contributed by atoms with Gasteiger partial charge >= 0.3 is 5.97 Å². The predicted molar refractivity (Wildman–Crippen MR) is 97.5 cm³/mol. The molecule has 8 nitrogen and oxygen atoms in total. The van der Waals surface area contributed by atoms with Crippen LogP contribution < -0.4 is 4.74 Å². The summed E-state index contributed by atoms with van der Waals surface area (Å²) in [6, 6.07) is 3.32. The number of hydrogen-bond donors (Lipinski definition) is 0. The Balaban J connectivity index is 1.71. The summed E-state index contributed by atoms with van der Waals surface area (Å²) in [6.45, 7) is 0.760. The third-order valence-corrected chi connectivity index (χ3v) is 5.03. The van der Waals surface area contributed by atoms with Crippen LogP contribution in [0.2, 0.25) is 0 Å². The van der Waals surface area contributed by atoms with Crippen molar-refractivity contribution in [1.82, 2.24) is 20.2 Å². The van der Waals surface area contributed by atoms with E-state index in [2.05, 4.69) is 47.4 Å². The zero-order valence-electron chi connectivity index (χ0n) is 13.5. The van der Waals surface area contributed by atoms with Gasteiger partial charge in [-0.1, -0.05) is 0 Å². The summed E-state index contributed by atoms with van der Waals surface area (Å²) in [5, 5.41) is 10.9. The fraction of sp³-hybridized carbons (Fsp3) is 0.312. The highest BCUT2D eigenvalue weighted by Gasteiger charge is 2.21. The molecule has 0 bridgehead atoms. The van der Waals surface area contributed by atoms with E-state index < -0.39 is 5.97 Å². The molecule has 3 rings (SSSR count). The first kappa shape index (κ1) is 18.7. The van der Waals surface area contributed by atoms with Crippen LogP contribution in [-0.4, -0.2) is 38.6 Å². The molecule has 26 heavy (non-hydrogen) atoms. The van der Waals surface area contributed by atoms with Gasteiger partial charge < -0.3 is 9.47 Å². The van der Waals surface area contributed by atoms with Gasteiger partial charge in [-0.2, -0.15) is 0 Å². The highest BCUT2D eigenvalue weighted by Crippen LogP contribution is 2.37. The first-order valence-corrected chi connectivity index (χ1v) is 9.40. The minimum Gasteiger partial charge on any atom is -0.489 e. The highest BCUT2D eigenvalue weighted by molar-refractivity contribution is 9.11. The van der Waals surface area contributed by atoms with Gasteiger partial charge in [-0.15, -0.1) is 5.10 Å². The smallest absolute Gasteiger partial charge is 0.344 e. The third kappa shape index (κ3) is 4.55. The molecule has 0 N–H and O–H groups in total. The van der Waals surface area contributed by atoms with E-state index in [1.165, 1.54) is 17.1 Å². The van der Waals surface area contributed by atoms with Crippen LogP contribution in [0.4, 0.5) is 0 Å². The molecule has 0 saturated heterocycles. The Morgan fingerprint density at radius 3 is 2.85 bits per heavy atom. The Kier molecular flexibility index (Phi) is 6.15. The van der Waals surface area contributed by atoms with Crippen LogP contribution in [0.25, 0.3) is 0 Å². The number of nitrogens with zero attached hydrogens (tertiary/aromatic N) is 4. The molecule has 0 radical (unpaired) electrons. The zero-order chi connectivity index (χ0) is 18.5. The zero-order valence-corrected chi connectivity index (χ0v) is 16.7.